The molecule has 3 aromatic rings. The lowest BCUT2D eigenvalue weighted by molar-refractivity contribution is 0.341. The summed E-state index contributed by atoms with van der Waals surface area (Å²) in [6.07, 6.45) is 1.89. The van der Waals surface area contributed by atoms with E-state index in [1.165, 1.54) is 5.56 Å². The number of nitrogens with zero attached hydrogens (tertiary/aromatic N) is 1. The third-order valence-corrected chi connectivity index (χ3v) is 3.74. The largest absolute Gasteiger partial charge is 0.493 e. The van der Waals surface area contributed by atoms with Gasteiger partial charge in [0.2, 0.25) is 0 Å². The predicted molar refractivity (Wildman–Crippen MR) is 101 cm³/mol. The van der Waals surface area contributed by atoms with Crippen LogP contribution in [0.4, 0.5) is 5.69 Å². The molecule has 3 aromatic carbocycles. The second kappa shape index (κ2) is 7.60. The minimum absolute atomic E-state index is 0.620. The van der Waals surface area contributed by atoms with Crippen LogP contribution < -0.4 is 4.74 Å². The molecule has 0 N–H and O–H groups in total. The molecule has 3 rings (SSSR count). The molecule has 0 fully saturated rings. The van der Waals surface area contributed by atoms with Crippen molar-refractivity contribution in [2.45, 2.75) is 13.8 Å². The fourth-order valence-electron chi connectivity index (χ4n) is 2.69. The zero-order valence-corrected chi connectivity index (χ0v) is 14.1. The van der Waals surface area contributed by atoms with Gasteiger partial charge >= 0.3 is 0 Å². The van der Waals surface area contributed by atoms with E-state index >= 15 is 0 Å². The zero-order valence-electron chi connectivity index (χ0n) is 14.1. The van der Waals surface area contributed by atoms with Gasteiger partial charge in [-0.2, -0.15) is 0 Å². The van der Waals surface area contributed by atoms with Crippen LogP contribution in [0.5, 0.6) is 5.75 Å². The van der Waals surface area contributed by atoms with Gasteiger partial charge in [0.25, 0.3) is 0 Å². The lowest BCUT2D eigenvalue weighted by atomic mass is 9.99. The van der Waals surface area contributed by atoms with Crippen molar-refractivity contribution in [2.24, 2.45) is 4.99 Å². The van der Waals surface area contributed by atoms with E-state index in [2.05, 4.69) is 36.2 Å². The first-order valence-electron chi connectivity index (χ1n) is 8.20. The molecule has 0 spiro atoms. The molecule has 0 amide bonds. The van der Waals surface area contributed by atoms with Gasteiger partial charge in [0.15, 0.2) is 0 Å². The maximum Gasteiger partial charge on any atom is 0.135 e. The van der Waals surface area contributed by atoms with E-state index in [1.54, 1.807) is 0 Å². The van der Waals surface area contributed by atoms with Crippen molar-refractivity contribution < 1.29 is 4.74 Å². The smallest absolute Gasteiger partial charge is 0.135 e. The monoisotopic (exact) mass is 315 g/mol. The molecule has 0 bridgehead atoms. The predicted octanol–water partition coefficient (Wildman–Crippen LogP) is 5.81. The maximum absolute atomic E-state index is 5.97. The van der Waals surface area contributed by atoms with Gasteiger partial charge in [0, 0.05) is 17.3 Å². The van der Waals surface area contributed by atoms with Crippen molar-refractivity contribution in [3.63, 3.8) is 0 Å². The van der Waals surface area contributed by atoms with E-state index in [0.29, 0.717) is 6.61 Å². The summed E-state index contributed by atoms with van der Waals surface area (Å²) in [4.78, 5) is 4.59. The summed E-state index contributed by atoms with van der Waals surface area (Å²) in [6, 6.07) is 24.6. The Balaban J connectivity index is 2.08. The molecule has 0 atom stereocenters. The van der Waals surface area contributed by atoms with Crippen molar-refractivity contribution in [1.82, 2.24) is 0 Å². The Hall–Kier alpha value is -2.87. The molecule has 0 saturated heterocycles. The summed E-state index contributed by atoms with van der Waals surface area (Å²) < 4.78 is 5.97. The second-order valence-corrected chi connectivity index (χ2v) is 5.62. The average molecular weight is 315 g/mol. The molecule has 2 heteroatoms. The zero-order chi connectivity index (χ0) is 16.8. The van der Waals surface area contributed by atoms with Gasteiger partial charge in [-0.15, -0.1) is 0 Å². The molecule has 24 heavy (non-hydrogen) atoms. The highest BCUT2D eigenvalue weighted by atomic mass is 16.5. The van der Waals surface area contributed by atoms with Crippen LogP contribution in [0.15, 0.2) is 77.8 Å². The molecule has 0 aliphatic rings. The fraction of sp³-hybridized carbons (Fsp3) is 0.136. The van der Waals surface area contributed by atoms with Gasteiger partial charge < -0.3 is 4.74 Å². The number of aliphatic imine (C=N–C) groups is 1. The Morgan fingerprint density at radius 2 is 1.58 bits per heavy atom. The fourth-order valence-corrected chi connectivity index (χ4v) is 2.69. The van der Waals surface area contributed by atoms with Crippen LogP contribution in [0.3, 0.4) is 0 Å². The lowest BCUT2D eigenvalue weighted by Gasteiger charge is -2.14. The Morgan fingerprint density at radius 1 is 0.917 bits per heavy atom. The number of ether oxygens (including phenoxy) is 1. The van der Waals surface area contributed by atoms with E-state index in [4.69, 9.17) is 4.74 Å². The van der Waals surface area contributed by atoms with Gasteiger partial charge in [0.1, 0.15) is 5.75 Å². The molecule has 0 aliphatic carbocycles. The number of aryl methyl sites for hydroxylation is 1. The minimum Gasteiger partial charge on any atom is -0.493 e. The molecule has 0 unspecified atom stereocenters. The number of hydrogen-bond donors (Lipinski definition) is 0. The highest BCUT2D eigenvalue weighted by molar-refractivity contribution is 5.90. The van der Waals surface area contributed by atoms with Crippen molar-refractivity contribution in [1.29, 1.82) is 0 Å². The van der Waals surface area contributed by atoms with Crippen LogP contribution in [0.25, 0.3) is 11.1 Å². The van der Waals surface area contributed by atoms with Crippen LogP contribution in [0.1, 0.15) is 18.1 Å². The van der Waals surface area contributed by atoms with Crippen LogP contribution in [0, 0.1) is 6.92 Å². The number of para-hydroxylation sites is 1. The van der Waals surface area contributed by atoms with E-state index in [-0.39, 0.29) is 0 Å². The van der Waals surface area contributed by atoms with Gasteiger partial charge in [0.05, 0.1) is 12.3 Å². The van der Waals surface area contributed by atoms with Crippen molar-refractivity contribution >= 4 is 11.9 Å². The highest BCUT2D eigenvalue weighted by Gasteiger charge is 2.11. The first-order valence-corrected chi connectivity index (χ1v) is 8.20. The Kier molecular flexibility index (Phi) is 5.07. The minimum atomic E-state index is 0.620. The van der Waals surface area contributed by atoms with E-state index in [9.17, 15) is 0 Å². The number of hydrogen-bond acceptors (Lipinski definition) is 2. The van der Waals surface area contributed by atoms with Crippen molar-refractivity contribution in [3.8, 4) is 16.9 Å². The molecule has 0 saturated carbocycles. The summed E-state index contributed by atoms with van der Waals surface area (Å²) in [5, 5.41) is 0. The normalized spacial score (nSPS) is 10.9. The summed E-state index contributed by atoms with van der Waals surface area (Å²) >= 11 is 0. The summed E-state index contributed by atoms with van der Waals surface area (Å²) in [7, 11) is 0. The maximum atomic E-state index is 5.97. The molecule has 0 radical (unpaired) electrons. The van der Waals surface area contributed by atoms with Gasteiger partial charge in [-0.25, -0.2) is 0 Å². The Morgan fingerprint density at radius 3 is 2.25 bits per heavy atom. The summed E-state index contributed by atoms with van der Waals surface area (Å²) in [5.41, 5.74) is 5.38. The van der Waals surface area contributed by atoms with Crippen LogP contribution in [-0.2, 0) is 0 Å². The SMILES string of the molecule is CCOc1c(/C=N/c2ccccc2)cc(C)cc1-c1ccccc1. The summed E-state index contributed by atoms with van der Waals surface area (Å²) in [6.45, 7) is 4.73. The van der Waals surface area contributed by atoms with E-state index in [0.717, 1.165) is 28.1 Å². The van der Waals surface area contributed by atoms with E-state index < -0.39 is 0 Å². The number of benzene rings is 3. The van der Waals surface area contributed by atoms with Gasteiger partial charge in [-0.3, -0.25) is 4.99 Å². The van der Waals surface area contributed by atoms with Gasteiger partial charge in [-0.1, -0.05) is 48.5 Å². The Bertz CT molecular complexity index is 823. The van der Waals surface area contributed by atoms with Crippen LogP contribution in [0.2, 0.25) is 0 Å². The van der Waals surface area contributed by atoms with Crippen LogP contribution in [-0.4, -0.2) is 12.8 Å². The third kappa shape index (κ3) is 3.72. The van der Waals surface area contributed by atoms with Gasteiger partial charge in [-0.05, 0) is 49.2 Å². The van der Waals surface area contributed by atoms with Crippen molar-refractivity contribution in [3.05, 3.63) is 83.9 Å². The first kappa shape index (κ1) is 16.0. The van der Waals surface area contributed by atoms with Crippen LogP contribution >= 0.6 is 0 Å². The third-order valence-electron chi connectivity index (χ3n) is 3.74. The lowest BCUT2D eigenvalue weighted by Crippen LogP contribution is -2.00. The summed E-state index contributed by atoms with van der Waals surface area (Å²) in [5.74, 6) is 0.883. The molecule has 0 aromatic heterocycles. The highest BCUT2D eigenvalue weighted by Crippen LogP contribution is 2.34. The van der Waals surface area contributed by atoms with E-state index in [1.807, 2.05) is 61.7 Å². The molecular weight excluding hydrogens is 294 g/mol. The molecule has 0 heterocycles. The standard InChI is InChI=1S/C22H21NO/c1-3-24-22-19(16-23-20-12-8-5-9-13-20)14-17(2)15-21(22)18-10-6-4-7-11-18/h4-16H,3H2,1-2H3/b23-16+. The number of rotatable bonds is 5. The second-order valence-electron chi connectivity index (χ2n) is 5.62. The topological polar surface area (TPSA) is 21.6 Å². The quantitative estimate of drug-likeness (QED) is 0.544. The molecule has 0 aliphatic heterocycles. The molecular formula is C22H21NO. The molecule has 120 valence electrons. The molecule has 2 nitrogen and oxygen atoms in total. The first-order chi connectivity index (χ1) is 11.8. The van der Waals surface area contributed by atoms with Crippen molar-refractivity contribution in [2.75, 3.05) is 6.61 Å². The Labute approximate surface area is 143 Å². The average Bonchev–Trinajstić information content (AvgIpc) is 2.63.